The molecule has 1 N–H and O–H groups in total. The molecular formula is C24H24N2O5. The quantitative estimate of drug-likeness (QED) is 0.588. The molecule has 2 aromatic carbocycles. The molecular weight excluding hydrogens is 396 g/mol. The van der Waals surface area contributed by atoms with E-state index in [2.05, 4.69) is 5.32 Å². The van der Waals surface area contributed by atoms with E-state index in [0.29, 0.717) is 11.3 Å². The van der Waals surface area contributed by atoms with E-state index in [1.54, 1.807) is 12.1 Å². The van der Waals surface area contributed by atoms with Crippen LogP contribution in [-0.4, -0.2) is 41.2 Å². The minimum atomic E-state index is -0.724. The van der Waals surface area contributed by atoms with Crippen LogP contribution in [0.1, 0.15) is 68.7 Å². The third-order valence-electron chi connectivity index (χ3n) is 5.76. The molecule has 31 heavy (non-hydrogen) atoms. The number of aryl methyl sites for hydroxylation is 1. The lowest BCUT2D eigenvalue weighted by molar-refractivity contribution is -0.119. The second-order valence-corrected chi connectivity index (χ2v) is 8.02. The summed E-state index contributed by atoms with van der Waals surface area (Å²) >= 11 is 0. The van der Waals surface area contributed by atoms with Gasteiger partial charge in [-0.1, -0.05) is 37.0 Å². The van der Waals surface area contributed by atoms with Crippen molar-refractivity contribution >= 4 is 29.4 Å². The van der Waals surface area contributed by atoms with Gasteiger partial charge in [-0.05, 0) is 50.1 Å². The van der Waals surface area contributed by atoms with Gasteiger partial charge in [0.15, 0.2) is 6.61 Å². The number of carbonyl (C=O) groups excluding carboxylic acids is 4. The minimum absolute atomic E-state index is 0.0815. The number of imide groups is 1. The normalized spacial score (nSPS) is 16.2. The second kappa shape index (κ2) is 8.71. The summed E-state index contributed by atoms with van der Waals surface area (Å²) in [5.74, 6) is -1.85. The Morgan fingerprint density at radius 2 is 1.65 bits per heavy atom. The summed E-state index contributed by atoms with van der Waals surface area (Å²) in [6.45, 7) is 1.49. The maximum atomic E-state index is 12.9. The first-order valence-corrected chi connectivity index (χ1v) is 10.5. The summed E-state index contributed by atoms with van der Waals surface area (Å²) in [6.07, 6.45) is 4.75. The van der Waals surface area contributed by atoms with Crippen LogP contribution in [0.4, 0.5) is 5.69 Å². The van der Waals surface area contributed by atoms with E-state index >= 15 is 0 Å². The van der Waals surface area contributed by atoms with Crippen LogP contribution >= 0.6 is 0 Å². The molecule has 1 aliphatic heterocycles. The third kappa shape index (κ3) is 4.35. The number of amides is 3. The summed E-state index contributed by atoms with van der Waals surface area (Å²) < 4.78 is 5.09. The van der Waals surface area contributed by atoms with Gasteiger partial charge in [-0.25, -0.2) is 4.79 Å². The molecule has 1 saturated carbocycles. The van der Waals surface area contributed by atoms with Crippen LogP contribution in [0.25, 0.3) is 0 Å². The Bertz CT molecular complexity index is 1040. The van der Waals surface area contributed by atoms with Crippen LogP contribution in [0.15, 0.2) is 42.5 Å². The predicted molar refractivity (Wildman–Crippen MR) is 114 cm³/mol. The molecule has 2 aliphatic rings. The molecule has 1 heterocycles. The molecule has 160 valence electrons. The number of ether oxygens (including phenoxy) is 1. The Balaban J connectivity index is 1.40. The molecule has 0 saturated heterocycles. The molecule has 1 fully saturated rings. The fourth-order valence-corrected chi connectivity index (χ4v) is 4.11. The van der Waals surface area contributed by atoms with Crippen LogP contribution in [0.5, 0.6) is 0 Å². The van der Waals surface area contributed by atoms with Crippen molar-refractivity contribution < 1.29 is 23.9 Å². The van der Waals surface area contributed by atoms with Crippen molar-refractivity contribution in [3.63, 3.8) is 0 Å². The molecule has 0 aromatic heterocycles. The molecule has 7 nitrogen and oxygen atoms in total. The van der Waals surface area contributed by atoms with Gasteiger partial charge in [-0.3, -0.25) is 19.3 Å². The maximum Gasteiger partial charge on any atom is 0.338 e. The molecule has 0 spiro atoms. The van der Waals surface area contributed by atoms with Gasteiger partial charge in [0.25, 0.3) is 17.7 Å². The highest BCUT2D eigenvalue weighted by Gasteiger charge is 2.40. The highest BCUT2D eigenvalue weighted by atomic mass is 16.5. The van der Waals surface area contributed by atoms with Crippen molar-refractivity contribution in [2.24, 2.45) is 0 Å². The molecule has 0 atom stereocenters. The van der Waals surface area contributed by atoms with E-state index in [-0.39, 0.29) is 29.0 Å². The SMILES string of the molecule is Cc1ccc(NC(=O)COC(=O)c2ccc3c(c2)C(=O)N(C2CCCCC2)C3=O)cc1. The third-order valence-corrected chi connectivity index (χ3v) is 5.76. The van der Waals surface area contributed by atoms with Gasteiger partial charge in [0.05, 0.1) is 16.7 Å². The van der Waals surface area contributed by atoms with E-state index in [1.165, 1.54) is 23.1 Å². The lowest BCUT2D eigenvalue weighted by atomic mass is 9.94. The van der Waals surface area contributed by atoms with Gasteiger partial charge in [-0.2, -0.15) is 0 Å². The van der Waals surface area contributed by atoms with E-state index < -0.39 is 18.5 Å². The van der Waals surface area contributed by atoms with Gasteiger partial charge in [0.2, 0.25) is 0 Å². The van der Waals surface area contributed by atoms with E-state index in [4.69, 9.17) is 4.74 Å². The Hall–Kier alpha value is -3.48. The van der Waals surface area contributed by atoms with Gasteiger partial charge in [0, 0.05) is 11.7 Å². The monoisotopic (exact) mass is 420 g/mol. The standard InChI is InChI=1S/C24H24N2O5/c1-15-7-10-17(11-8-15)25-21(27)14-31-24(30)16-9-12-19-20(13-16)23(29)26(22(19)28)18-5-3-2-4-6-18/h7-13,18H,2-6,14H2,1H3,(H,25,27). The maximum absolute atomic E-state index is 12.9. The number of hydrogen-bond donors (Lipinski definition) is 1. The summed E-state index contributed by atoms with van der Waals surface area (Å²) in [7, 11) is 0. The van der Waals surface area contributed by atoms with Crippen molar-refractivity contribution in [1.82, 2.24) is 4.90 Å². The highest BCUT2D eigenvalue weighted by molar-refractivity contribution is 6.22. The largest absolute Gasteiger partial charge is 0.452 e. The van der Waals surface area contributed by atoms with Gasteiger partial charge < -0.3 is 10.1 Å². The number of nitrogens with zero attached hydrogens (tertiary/aromatic N) is 1. The Morgan fingerprint density at radius 3 is 2.35 bits per heavy atom. The number of fused-ring (bicyclic) bond motifs is 1. The molecule has 7 heteroatoms. The predicted octanol–water partition coefficient (Wildman–Crippen LogP) is 3.72. The topological polar surface area (TPSA) is 92.8 Å². The van der Waals surface area contributed by atoms with Crippen molar-refractivity contribution in [1.29, 1.82) is 0 Å². The number of esters is 1. The number of hydrogen-bond acceptors (Lipinski definition) is 5. The molecule has 0 bridgehead atoms. The van der Waals surface area contributed by atoms with Crippen LogP contribution in [0, 0.1) is 6.92 Å². The van der Waals surface area contributed by atoms with Crippen LogP contribution in [0.2, 0.25) is 0 Å². The zero-order valence-corrected chi connectivity index (χ0v) is 17.3. The molecule has 2 aromatic rings. The number of rotatable bonds is 5. The summed E-state index contributed by atoms with van der Waals surface area (Å²) in [4.78, 5) is 51.4. The molecule has 4 rings (SSSR count). The first-order chi connectivity index (χ1) is 14.9. The van der Waals surface area contributed by atoms with E-state index in [0.717, 1.165) is 37.7 Å². The zero-order chi connectivity index (χ0) is 22.0. The Kier molecular flexibility index (Phi) is 5.84. The average molecular weight is 420 g/mol. The van der Waals surface area contributed by atoms with Crippen LogP contribution in [-0.2, 0) is 9.53 Å². The first-order valence-electron chi connectivity index (χ1n) is 10.5. The average Bonchev–Trinajstić information content (AvgIpc) is 3.04. The smallest absolute Gasteiger partial charge is 0.338 e. The number of benzene rings is 2. The van der Waals surface area contributed by atoms with Gasteiger partial charge in [-0.15, -0.1) is 0 Å². The van der Waals surface area contributed by atoms with Crippen molar-refractivity contribution in [3.8, 4) is 0 Å². The summed E-state index contributed by atoms with van der Waals surface area (Å²) in [5.41, 5.74) is 2.33. The fraction of sp³-hybridized carbons (Fsp3) is 0.333. The number of carbonyl (C=O) groups is 4. The lowest BCUT2D eigenvalue weighted by Crippen LogP contribution is -2.40. The molecule has 3 amide bonds. The van der Waals surface area contributed by atoms with Gasteiger partial charge >= 0.3 is 5.97 Å². The highest BCUT2D eigenvalue weighted by Crippen LogP contribution is 2.31. The van der Waals surface area contributed by atoms with Crippen molar-refractivity contribution in [2.45, 2.75) is 45.1 Å². The van der Waals surface area contributed by atoms with E-state index in [9.17, 15) is 19.2 Å². The number of anilines is 1. The Morgan fingerprint density at radius 1 is 0.968 bits per heavy atom. The zero-order valence-electron chi connectivity index (χ0n) is 17.3. The molecule has 0 radical (unpaired) electrons. The lowest BCUT2D eigenvalue weighted by Gasteiger charge is -2.29. The van der Waals surface area contributed by atoms with Crippen molar-refractivity contribution in [2.75, 3.05) is 11.9 Å². The second-order valence-electron chi connectivity index (χ2n) is 8.02. The summed E-state index contributed by atoms with van der Waals surface area (Å²) in [5, 5.41) is 2.65. The van der Waals surface area contributed by atoms with Gasteiger partial charge in [0.1, 0.15) is 0 Å². The molecule has 1 aliphatic carbocycles. The van der Waals surface area contributed by atoms with E-state index in [1.807, 2.05) is 19.1 Å². The molecule has 0 unspecified atom stereocenters. The Labute approximate surface area is 180 Å². The van der Waals surface area contributed by atoms with Crippen LogP contribution < -0.4 is 5.32 Å². The minimum Gasteiger partial charge on any atom is -0.452 e. The number of nitrogens with one attached hydrogen (secondary N) is 1. The van der Waals surface area contributed by atoms with Crippen molar-refractivity contribution in [3.05, 3.63) is 64.7 Å². The first kappa shape index (κ1) is 20.8. The van der Waals surface area contributed by atoms with Crippen LogP contribution in [0.3, 0.4) is 0 Å². The summed E-state index contributed by atoms with van der Waals surface area (Å²) in [6, 6.07) is 11.5. The fourth-order valence-electron chi connectivity index (χ4n) is 4.11.